The highest BCUT2D eigenvalue weighted by Crippen LogP contribution is 2.19. The van der Waals surface area contributed by atoms with Crippen molar-refractivity contribution in [3.05, 3.63) is 52.6 Å². The molecule has 0 aliphatic carbocycles. The third-order valence-electron chi connectivity index (χ3n) is 5.21. The zero-order valence-corrected chi connectivity index (χ0v) is 17.8. The van der Waals surface area contributed by atoms with E-state index in [9.17, 15) is 14.0 Å². The molecule has 0 unspecified atom stereocenters. The molecular weight excluding hydrogens is 409 g/mol. The van der Waals surface area contributed by atoms with Gasteiger partial charge < -0.3 is 15.1 Å². The summed E-state index contributed by atoms with van der Waals surface area (Å²) in [6.07, 6.45) is 2.57. The molecule has 0 radical (unpaired) electrons. The topological polar surface area (TPSA) is 78.4 Å². The van der Waals surface area contributed by atoms with Crippen molar-refractivity contribution in [3.63, 3.8) is 0 Å². The fraction of sp³-hybridized carbons (Fsp3) is 0.429. The molecule has 9 heteroatoms. The van der Waals surface area contributed by atoms with Crippen LogP contribution in [0.2, 0.25) is 5.02 Å². The van der Waals surface area contributed by atoms with Crippen LogP contribution in [-0.4, -0.2) is 58.9 Å². The minimum atomic E-state index is -0.527. The highest BCUT2D eigenvalue weighted by atomic mass is 35.5. The highest BCUT2D eigenvalue weighted by Gasteiger charge is 2.27. The molecule has 30 heavy (non-hydrogen) atoms. The number of rotatable bonds is 6. The van der Waals surface area contributed by atoms with Gasteiger partial charge in [0.25, 0.3) is 11.8 Å². The average Bonchev–Trinajstić information content (AvgIpc) is 2.76. The Bertz CT molecular complexity index is 914. The quantitative estimate of drug-likeness (QED) is 0.757. The van der Waals surface area contributed by atoms with Crippen LogP contribution in [0.25, 0.3) is 0 Å². The summed E-state index contributed by atoms with van der Waals surface area (Å²) in [5.41, 5.74) is 0.204. The molecule has 1 aliphatic rings. The minimum absolute atomic E-state index is 0.0664. The smallest absolute Gasteiger partial charge is 0.271 e. The van der Waals surface area contributed by atoms with Gasteiger partial charge in [0.2, 0.25) is 5.95 Å². The maximum absolute atomic E-state index is 13.9. The molecule has 0 bridgehead atoms. The number of carbonyl (C=O) groups excluding carboxylic acids is 2. The van der Waals surface area contributed by atoms with Gasteiger partial charge in [-0.1, -0.05) is 23.7 Å². The molecule has 1 saturated heterocycles. The second kappa shape index (κ2) is 9.84. The SMILES string of the molecule is CCN(CC)c1ncc(Cl)c(C(=O)NC2CCN(C(=O)c3ccccc3F)CC2)n1. The predicted molar refractivity (Wildman–Crippen MR) is 113 cm³/mol. The number of halogens is 2. The van der Waals surface area contributed by atoms with Crippen molar-refractivity contribution >= 4 is 29.4 Å². The number of anilines is 1. The summed E-state index contributed by atoms with van der Waals surface area (Å²) < 4.78 is 13.9. The molecule has 1 N–H and O–H groups in total. The first-order valence-corrected chi connectivity index (χ1v) is 10.4. The normalized spacial score (nSPS) is 14.5. The fourth-order valence-corrected chi connectivity index (χ4v) is 3.64. The zero-order valence-electron chi connectivity index (χ0n) is 17.1. The summed E-state index contributed by atoms with van der Waals surface area (Å²) in [6.45, 7) is 6.26. The molecule has 2 heterocycles. The molecule has 1 aromatic heterocycles. The summed E-state index contributed by atoms with van der Waals surface area (Å²) >= 11 is 6.15. The molecule has 2 amide bonds. The van der Waals surface area contributed by atoms with Gasteiger partial charge in [-0.05, 0) is 38.8 Å². The first-order chi connectivity index (χ1) is 14.4. The number of hydrogen-bond acceptors (Lipinski definition) is 5. The lowest BCUT2D eigenvalue weighted by Crippen LogP contribution is -2.47. The van der Waals surface area contributed by atoms with E-state index in [1.54, 1.807) is 17.0 Å². The van der Waals surface area contributed by atoms with E-state index < -0.39 is 5.82 Å². The van der Waals surface area contributed by atoms with Gasteiger partial charge in [-0.3, -0.25) is 9.59 Å². The average molecular weight is 434 g/mol. The Morgan fingerprint density at radius 1 is 1.23 bits per heavy atom. The molecule has 7 nitrogen and oxygen atoms in total. The van der Waals surface area contributed by atoms with Crippen molar-refractivity contribution in [1.82, 2.24) is 20.2 Å². The van der Waals surface area contributed by atoms with Gasteiger partial charge in [0, 0.05) is 32.2 Å². The van der Waals surface area contributed by atoms with Gasteiger partial charge >= 0.3 is 0 Å². The number of carbonyl (C=O) groups is 2. The molecule has 0 saturated carbocycles. The number of benzene rings is 1. The van der Waals surface area contributed by atoms with Gasteiger partial charge in [-0.15, -0.1) is 0 Å². The van der Waals surface area contributed by atoms with Crippen LogP contribution in [0.3, 0.4) is 0 Å². The number of likely N-dealkylation sites (tertiary alicyclic amines) is 1. The Balaban J connectivity index is 1.61. The lowest BCUT2D eigenvalue weighted by atomic mass is 10.0. The molecular formula is C21H25ClFN5O2. The van der Waals surface area contributed by atoms with Crippen molar-refractivity contribution in [3.8, 4) is 0 Å². The van der Waals surface area contributed by atoms with E-state index in [0.717, 1.165) is 0 Å². The van der Waals surface area contributed by atoms with Crippen LogP contribution >= 0.6 is 11.6 Å². The van der Waals surface area contributed by atoms with Gasteiger partial charge in [-0.2, -0.15) is 0 Å². The van der Waals surface area contributed by atoms with E-state index in [1.807, 2.05) is 18.7 Å². The Labute approximate surface area is 180 Å². The predicted octanol–water partition coefficient (Wildman–Crippen LogP) is 3.15. The number of nitrogens with one attached hydrogen (secondary N) is 1. The first kappa shape index (κ1) is 22.0. The summed E-state index contributed by atoms with van der Waals surface area (Å²) in [6, 6.07) is 5.83. The highest BCUT2D eigenvalue weighted by molar-refractivity contribution is 6.33. The Morgan fingerprint density at radius 3 is 2.53 bits per heavy atom. The van der Waals surface area contributed by atoms with Gasteiger partial charge in [0.1, 0.15) is 5.82 Å². The van der Waals surface area contributed by atoms with Crippen LogP contribution in [-0.2, 0) is 0 Å². The van der Waals surface area contributed by atoms with Crippen LogP contribution in [0.1, 0.15) is 47.5 Å². The summed E-state index contributed by atoms with van der Waals surface area (Å²) in [7, 11) is 0. The lowest BCUT2D eigenvalue weighted by Gasteiger charge is -2.32. The van der Waals surface area contributed by atoms with E-state index >= 15 is 0 Å². The number of amides is 2. The van der Waals surface area contributed by atoms with Gasteiger partial charge in [-0.25, -0.2) is 14.4 Å². The first-order valence-electron chi connectivity index (χ1n) is 10.1. The minimum Gasteiger partial charge on any atom is -0.348 e. The summed E-state index contributed by atoms with van der Waals surface area (Å²) in [5, 5.41) is 3.13. The number of nitrogens with zero attached hydrogens (tertiary/aromatic N) is 4. The second-order valence-corrected chi connectivity index (χ2v) is 7.47. The third kappa shape index (κ3) is 4.87. The standard InChI is InChI=1S/C21H25ClFN5O2/c1-3-27(4-2)21-24-13-16(22)18(26-21)19(29)25-14-9-11-28(12-10-14)20(30)15-7-5-6-8-17(15)23/h5-8,13-14H,3-4,9-12H2,1-2H3,(H,25,29). The molecule has 0 atom stereocenters. The number of aromatic nitrogens is 2. The van der Waals surface area contributed by atoms with Crippen LogP contribution < -0.4 is 10.2 Å². The van der Waals surface area contributed by atoms with E-state index in [1.165, 1.54) is 18.3 Å². The van der Waals surface area contributed by atoms with Gasteiger partial charge in [0.05, 0.1) is 16.8 Å². The number of hydrogen-bond donors (Lipinski definition) is 1. The molecule has 1 fully saturated rings. The zero-order chi connectivity index (χ0) is 21.7. The molecule has 1 aromatic carbocycles. The van der Waals surface area contributed by atoms with Crippen LogP contribution in [0.4, 0.5) is 10.3 Å². The largest absolute Gasteiger partial charge is 0.348 e. The van der Waals surface area contributed by atoms with Crippen molar-refractivity contribution in [2.24, 2.45) is 0 Å². The molecule has 3 rings (SSSR count). The van der Waals surface area contributed by atoms with Crippen LogP contribution in [0, 0.1) is 5.82 Å². The fourth-order valence-electron chi connectivity index (χ4n) is 3.46. The summed E-state index contributed by atoms with van der Waals surface area (Å²) in [4.78, 5) is 37.3. The molecule has 1 aliphatic heterocycles. The monoisotopic (exact) mass is 433 g/mol. The molecule has 2 aromatic rings. The Morgan fingerprint density at radius 2 is 1.90 bits per heavy atom. The number of piperidine rings is 1. The molecule has 0 spiro atoms. The second-order valence-electron chi connectivity index (χ2n) is 7.06. The van der Waals surface area contributed by atoms with E-state index in [0.29, 0.717) is 45.0 Å². The van der Waals surface area contributed by atoms with Gasteiger partial charge in [0.15, 0.2) is 5.69 Å². The summed E-state index contributed by atoms with van der Waals surface area (Å²) in [5.74, 6) is -0.768. The van der Waals surface area contributed by atoms with Crippen molar-refractivity contribution in [1.29, 1.82) is 0 Å². The molecule has 160 valence electrons. The Kier molecular flexibility index (Phi) is 7.20. The van der Waals surface area contributed by atoms with E-state index in [2.05, 4.69) is 15.3 Å². The van der Waals surface area contributed by atoms with E-state index in [-0.39, 0.29) is 34.1 Å². The third-order valence-corrected chi connectivity index (χ3v) is 5.49. The van der Waals surface area contributed by atoms with Crippen molar-refractivity contribution in [2.75, 3.05) is 31.1 Å². The van der Waals surface area contributed by atoms with Crippen molar-refractivity contribution < 1.29 is 14.0 Å². The maximum atomic E-state index is 13.9. The lowest BCUT2D eigenvalue weighted by molar-refractivity contribution is 0.0693. The van der Waals surface area contributed by atoms with Crippen LogP contribution in [0.15, 0.2) is 30.5 Å². The van der Waals surface area contributed by atoms with E-state index in [4.69, 9.17) is 11.6 Å². The van der Waals surface area contributed by atoms with Crippen LogP contribution in [0.5, 0.6) is 0 Å². The van der Waals surface area contributed by atoms with Crippen molar-refractivity contribution in [2.45, 2.75) is 32.7 Å². The Hall–Kier alpha value is -2.74. The maximum Gasteiger partial charge on any atom is 0.271 e.